The minimum absolute atomic E-state index is 0.00671. The standard InChI is InChI=1S/C23H26O4S2/c1-3-5-12-20-18-23(17-19(20)4-2,28(24,25)21-13-8-6-9-14-21)29(26,27)22-15-10-7-11-16-22/h3-4,6-11,13-16,19-20H,1-2,5,12,17-18H2/t19-,20-/m1/s1. The Kier molecular flexibility index (Phi) is 6.15. The van der Waals surface area contributed by atoms with Gasteiger partial charge in [0.2, 0.25) is 0 Å². The smallest absolute Gasteiger partial charge is 0.198 e. The van der Waals surface area contributed by atoms with E-state index in [-0.39, 0.29) is 34.5 Å². The van der Waals surface area contributed by atoms with Gasteiger partial charge in [0.05, 0.1) is 9.79 Å². The molecule has 0 bridgehead atoms. The molecule has 1 aliphatic rings. The summed E-state index contributed by atoms with van der Waals surface area (Å²) in [7, 11) is -8.34. The highest BCUT2D eigenvalue weighted by atomic mass is 32.3. The third kappa shape index (κ3) is 3.60. The van der Waals surface area contributed by atoms with Crippen LogP contribution in [0.25, 0.3) is 0 Å². The number of rotatable bonds is 8. The maximum Gasteiger partial charge on any atom is 0.198 e. The molecule has 0 heterocycles. The summed E-state index contributed by atoms with van der Waals surface area (Å²) in [4.78, 5) is 0.0679. The van der Waals surface area contributed by atoms with Crippen LogP contribution >= 0.6 is 0 Å². The molecule has 0 aromatic heterocycles. The second-order valence-corrected chi connectivity index (χ2v) is 12.3. The van der Waals surface area contributed by atoms with Gasteiger partial charge >= 0.3 is 0 Å². The molecule has 0 aliphatic heterocycles. The maximum absolute atomic E-state index is 13.8. The van der Waals surface area contributed by atoms with Crippen LogP contribution < -0.4 is 0 Å². The SMILES string of the molecule is C=CCC[C@@H]1CC(S(=O)(=O)c2ccccc2)(S(=O)(=O)c2ccccc2)C[C@H]1C=C. The van der Waals surface area contributed by atoms with E-state index in [1.165, 1.54) is 24.3 Å². The molecule has 0 radical (unpaired) electrons. The fraction of sp³-hybridized carbons (Fsp3) is 0.304. The third-order valence-electron chi connectivity index (χ3n) is 5.86. The first-order valence-corrected chi connectivity index (χ1v) is 12.6. The van der Waals surface area contributed by atoms with Crippen LogP contribution in [-0.4, -0.2) is 20.9 Å². The molecule has 0 saturated heterocycles. The molecule has 3 rings (SSSR count). The summed E-state index contributed by atoms with van der Waals surface area (Å²) < 4.78 is 53.4. The first-order chi connectivity index (χ1) is 13.8. The van der Waals surface area contributed by atoms with Gasteiger partial charge in [-0.1, -0.05) is 48.6 Å². The molecule has 0 amide bonds. The van der Waals surface area contributed by atoms with Gasteiger partial charge in [-0.2, -0.15) is 0 Å². The Morgan fingerprint density at radius 2 is 1.31 bits per heavy atom. The topological polar surface area (TPSA) is 68.3 Å². The van der Waals surface area contributed by atoms with Crippen LogP contribution in [0.15, 0.2) is 95.8 Å². The molecule has 154 valence electrons. The molecule has 2 atom stereocenters. The molecule has 2 aromatic rings. The lowest BCUT2D eigenvalue weighted by atomic mass is 9.92. The highest BCUT2D eigenvalue weighted by Crippen LogP contribution is 2.53. The number of sulfone groups is 2. The van der Waals surface area contributed by atoms with E-state index >= 15 is 0 Å². The highest BCUT2D eigenvalue weighted by molar-refractivity contribution is 8.10. The molecule has 0 unspecified atom stereocenters. The van der Waals surface area contributed by atoms with Crippen molar-refractivity contribution in [3.63, 3.8) is 0 Å². The van der Waals surface area contributed by atoms with Gasteiger partial charge in [0.1, 0.15) is 0 Å². The van der Waals surface area contributed by atoms with Crippen molar-refractivity contribution in [2.45, 2.75) is 39.6 Å². The molecule has 4 nitrogen and oxygen atoms in total. The molecule has 1 saturated carbocycles. The lowest BCUT2D eigenvalue weighted by Crippen LogP contribution is -2.44. The molecular formula is C23H26O4S2. The van der Waals surface area contributed by atoms with Crippen LogP contribution in [0.5, 0.6) is 0 Å². The first-order valence-electron chi connectivity index (χ1n) is 9.63. The van der Waals surface area contributed by atoms with Crippen molar-refractivity contribution < 1.29 is 16.8 Å². The average molecular weight is 431 g/mol. The lowest BCUT2D eigenvalue weighted by Gasteiger charge is -2.29. The molecule has 0 N–H and O–H groups in total. The van der Waals surface area contributed by atoms with Crippen molar-refractivity contribution in [1.82, 2.24) is 0 Å². The van der Waals surface area contributed by atoms with Crippen LogP contribution in [0.2, 0.25) is 0 Å². The molecule has 1 aliphatic carbocycles. The number of hydrogen-bond acceptors (Lipinski definition) is 4. The summed E-state index contributed by atoms with van der Waals surface area (Å²) in [6.45, 7) is 7.60. The fourth-order valence-electron chi connectivity index (χ4n) is 4.30. The second kappa shape index (κ2) is 8.28. The Hall–Kier alpha value is -2.18. The lowest BCUT2D eigenvalue weighted by molar-refractivity contribution is 0.429. The number of allylic oxidation sites excluding steroid dienone is 2. The van der Waals surface area contributed by atoms with Crippen molar-refractivity contribution in [3.8, 4) is 0 Å². The van der Waals surface area contributed by atoms with E-state index in [0.29, 0.717) is 12.8 Å². The minimum atomic E-state index is -4.17. The van der Waals surface area contributed by atoms with E-state index in [1.54, 1.807) is 48.6 Å². The van der Waals surface area contributed by atoms with Gasteiger partial charge < -0.3 is 0 Å². The average Bonchev–Trinajstić information content (AvgIpc) is 3.14. The summed E-state index contributed by atoms with van der Waals surface area (Å²) in [6.07, 6.45) is 4.91. The Labute approximate surface area is 173 Å². The van der Waals surface area contributed by atoms with Crippen LogP contribution in [0.1, 0.15) is 25.7 Å². The van der Waals surface area contributed by atoms with E-state index in [0.717, 1.165) is 0 Å². The first kappa shape index (κ1) is 21.5. The third-order valence-corrected chi connectivity index (χ3v) is 11.6. The van der Waals surface area contributed by atoms with Gasteiger partial charge in [0.15, 0.2) is 23.8 Å². The van der Waals surface area contributed by atoms with Gasteiger partial charge in [0.25, 0.3) is 0 Å². The Balaban J connectivity index is 2.23. The van der Waals surface area contributed by atoms with Crippen molar-refractivity contribution >= 4 is 19.7 Å². The normalized spacial score (nSPS) is 21.5. The Bertz CT molecular complexity index is 1000. The van der Waals surface area contributed by atoms with Crippen LogP contribution in [0.4, 0.5) is 0 Å². The Morgan fingerprint density at radius 3 is 1.72 bits per heavy atom. The second-order valence-electron chi connectivity index (χ2n) is 7.48. The van der Waals surface area contributed by atoms with Gasteiger partial charge in [-0.05, 0) is 61.8 Å². The number of hydrogen-bond donors (Lipinski definition) is 0. The quantitative estimate of drug-likeness (QED) is 0.564. The zero-order chi connectivity index (χ0) is 21.1. The predicted molar refractivity (Wildman–Crippen MR) is 116 cm³/mol. The summed E-state index contributed by atoms with van der Waals surface area (Å²) in [5, 5.41) is 0. The fourth-order valence-corrected chi connectivity index (χ4v) is 9.61. The van der Waals surface area contributed by atoms with Gasteiger partial charge in [-0.15, -0.1) is 13.2 Å². The molecule has 2 aromatic carbocycles. The summed E-state index contributed by atoms with van der Waals surface area (Å²) in [6, 6.07) is 15.8. The van der Waals surface area contributed by atoms with E-state index in [2.05, 4.69) is 13.2 Å². The van der Waals surface area contributed by atoms with Gasteiger partial charge in [-0.3, -0.25) is 0 Å². The molecule has 6 heteroatoms. The highest BCUT2D eigenvalue weighted by Gasteiger charge is 2.61. The van der Waals surface area contributed by atoms with Gasteiger partial charge in [-0.25, -0.2) is 16.8 Å². The summed E-state index contributed by atoms with van der Waals surface area (Å²) in [5.41, 5.74) is 0. The van der Waals surface area contributed by atoms with E-state index < -0.39 is 23.8 Å². The van der Waals surface area contributed by atoms with Crippen molar-refractivity contribution in [1.29, 1.82) is 0 Å². The van der Waals surface area contributed by atoms with Crippen LogP contribution in [-0.2, 0) is 19.7 Å². The van der Waals surface area contributed by atoms with E-state index in [9.17, 15) is 16.8 Å². The van der Waals surface area contributed by atoms with Crippen molar-refractivity contribution in [2.75, 3.05) is 0 Å². The predicted octanol–water partition coefficient (Wildman–Crippen LogP) is 4.81. The minimum Gasteiger partial charge on any atom is -0.222 e. The van der Waals surface area contributed by atoms with Gasteiger partial charge in [0, 0.05) is 0 Å². The van der Waals surface area contributed by atoms with Crippen LogP contribution in [0.3, 0.4) is 0 Å². The molecule has 29 heavy (non-hydrogen) atoms. The summed E-state index contributed by atoms with van der Waals surface area (Å²) >= 11 is 0. The molecule has 0 spiro atoms. The summed E-state index contributed by atoms with van der Waals surface area (Å²) in [5.74, 6) is -0.297. The zero-order valence-corrected chi connectivity index (χ0v) is 17.9. The molecule has 1 fully saturated rings. The Morgan fingerprint density at radius 1 is 0.828 bits per heavy atom. The molecular weight excluding hydrogens is 404 g/mol. The largest absolute Gasteiger partial charge is 0.222 e. The number of benzene rings is 2. The van der Waals surface area contributed by atoms with E-state index in [1.807, 2.05) is 0 Å². The van der Waals surface area contributed by atoms with E-state index in [4.69, 9.17) is 0 Å². The van der Waals surface area contributed by atoms with Crippen molar-refractivity contribution in [3.05, 3.63) is 86.0 Å². The zero-order valence-electron chi connectivity index (χ0n) is 16.3. The maximum atomic E-state index is 13.8. The van der Waals surface area contributed by atoms with Crippen molar-refractivity contribution in [2.24, 2.45) is 11.8 Å². The van der Waals surface area contributed by atoms with Crippen LogP contribution in [0, 0.1) is 11.8 Å². The monoisotopic (exact) mass is 430 g/mol.